The zero-order chi connectivity index (χ0) is 29.1. The first kappa shape index (κ1) is 27.6. The minimum atomic E-state index is -1.08. The van der Waals surface area contributed by atoms with Crippen LogP contribution in [0.1, 0.15) is 101 Å². The van der Waals surface area contributed by atoms with Crippen LogP contribution in [0.4, 0.5) is 0 Å². The molecule has 0 amide bonds. The molecule has 0 fully saturated rings. The van der Waals surface area contributed by atoms with Crippen LogP contribution in [0, 0.1) is 0 Å². The Morgan fingerprint density at radius 3 is 0.950 bits per heavy atom. The van der Waals surface area contributed by atoms with E-state index in [-0.39, 0.29) is 25.2 Å². The topological polar surface area (TPSA) is 116 Å². The molecule has 0 saturated heterocycles. The van der Waals surface area contributed by atoms with Gasteiger partial charge in [0.15, 0.2) is 0 Å². The quantitative estimate of drug-likeness (QED) is 0.247. The molecule has 8 nitrogen and oxygen atoms in total. The summed E-state index contributed by atoms with van der Waals surface area (Å²) in [6.45, 7) is 16.4. The number of hydrogen-bond acceptors (Lipinski definition) is 4. The number of aromatic amines is 4. The van der Waals surface area contributed by atoms with E-state index in [0.717, 1.165) is 45.6 Å². The lowest BCUT2D eigenvalue weighted by atomic mass is 9.83. The van der Waals surface area contributed by atoms with E-state index in [0.29, 0.717) is 0 Å². The third kappa shape index (κ3) is 3.87. The molecule has 4 aromatic heterocycles. The number of aromatic nitrogens is 4. The maximum atomic E-state index is 13.6. The molecule has 0 unspecified atom stereocenters. The van der Waals surface area contributed by atoms with Crippen molar-refractivity contribution < 1.29 is 19.1 Å². The van der Waals surface area contributed by atoms with Crippen molar-refractivity contribution in [2.24, 2.45) is 0 Å². The highest BCUT2D eigenvalue weighted by molar-refractivity contribution is 5.87. The summed E-state index contributed by atoms with van der Waals surface area (Å²) in [7, 11) is 0. The number of carbonyl (C=O) groups excluding carboxylic acids is 2. The number of carbonyl (C=O) groups is 2. The summed E-state index contributed by atoms with van der Waals surface area (Å²) in [6, 6.07) is 15.9. The molecule has 1 aliphatic heterocycles. The molecule has 0 spiro atoms. The van der Waals surface area contributed by atoms with E-state index in [1.807, 2.05) is 76.2 Å². The van der Waals surface area contributed by atoms with Crippen LogP contribution in [0.5, 0.6) is 0 Å². The minimum absolute atomic E-state index is 0.280. The number of fused-ring (bicyclic) bond motifs is 8. The lowest BCUT2D eigenvalue weighted by molar-refractivity contribution is -0.149. The third-order valence-corrected chi connectivity index (χ3v) is 8.96. The van der Waals surface area contributed by atoms with Crippen molar-refractivity contribution in [3.63, 3.8) is 0 Å². The van der Waals surface area contributed by atoms with Crippen LogP contribution in [0.15, 0.2) is 48.5 Å². The van der Waals surface area contributed by atoms with Crippen molar-refractivity contribution in [1.29, 1.82) is 0 Å². The molecule has 5 rings (SSSR count). The summed E-state index contributed by atoms with van der Waals surface area (Å²) in [6.07, 6.45) is 0. The molecule has 0 saturated carbocycles. The number of H-pyrrole nitrogens is 4. The molecule has 0 radical (unpaired) electrons. The predicted molar refractivity (Wildman–Crippen MR) is 154 cm³/mol. The van der Waals surface area contributed by atoms with Crippen LogP contribution in [-0.2, 0) is 40.7 Å². The van der Waals surface area contributed by atoms with Crippen molar-refractivity contribution in [3.05, 3.63) is 94.1 Å². The highest BCUT2D eigenvalue weighted by Gasteiger charge is 2.45. The normalized spacial score (nSPS) is 23.0. The van der Waals surface area contributed by atoms with Crippen LogP contribution < -0.4 is 0 Å². The molecule has 8 heteroatoms. The Morgan fingerprint density at radius 1 is 0.500 bits per heavy atom. The van der Waals surface area contributed by atoms with E-state index in [2.05, 4.69) is 47.6 Å². The molecule has 212 valence electrons. The number of hydrogen-bond donors (Lipinski definition) is 4. The molecule has 0 aliphatic carbocycles. The van der Waals surface area contributed by atoms with Gasteiger partial charge in [-0.25, -0.2) is 0 Å². The van der Waals surface area contributed by atoms with Gasteiger partial charge in [-0.05, 0) is 104 Å². The van der Waals surface area contributed by atoms with E-state index in [9.17, 15) is 9.59 Å². The van der Waals surface area contributed by atoms with E-state index in [1.165, 1.54) is 0 Å². The van der Waals surface area contributed by atoms with Crippen molar-refractivity contribution >= 4 is 11.9 Å². The van der Waals surface area contributed by atoms with Crippen molar-refractivity contribution in [3.8, 4) is 0 Å². The highest BCUT2D eigenvalue weighted by Crippen LogP contribution is 2.41. The van der Waals surface area contributed by atoms with Crippen LogP contribution in [0.25, 0.3) is 0 Å². The van der Waals surface area contributed by atoms with Gasteiger partial charge in [-0.2, -0.15) is 0 Å². The fraction of sp³-hybridized carbons (Fsp3) is 0.438. The molecule has 0 atom stereocenters. The van der Waals surface area contributed by atoms with E-state index in [1.54, 1.807) is 0 Å². The summed E-state index contributed by atoms with van der Waals surface area (Å²) in [5.74, 6) is -0.661. The minimum Gasteiger partial charge on any atom is -0.465 e. The van der Waals surface area contributed by atoms with Crippen molar-refractivity contribution in [2.45, 2.75) is 77.0 Å². The zero-order valence-electron chi connectivity index (χ0n) is 24.7. The van der Waals surface area contributed by atoms with Gasteiger partial charge in [0, 0.05) is 56.4 Å². The van der Waals surface area contributed by atoms with Gasteiger partial charge in [-0.3, -0.25) is 9.59 Å². The summed E-state index contributed by atoms with van der Waals surface area (Å²) >= 11 is 0. The van der Waals surface area contributed by atoms with Crippen LogP contribution in [0.2, 0.25) is 0 Å². The van der Waals surface area contributed by atoms with E-state index in [4.69, 9.17) is 9.47 Å². The van der Waals surface area contributed by atoms with Crippen molar-refractivity contribution in [1.82, 2.24) is 19.9 Å². The first-order valence-corrected chi connectivity index (χ1v) is 14.0. The second kappa shape index (κ2) is 9.32. The summed E-state index contributed by atoms with van der Waals surface area (Å²) in [5, 5.41) is 0. The van der Waals surface area contributed by atoms with Gasteiger partial charge in [-0.15, -0.1) is 0 Å². The molecule has 4 aromatic rings. The van der Waals surface area contributed by atoms with Gasteiger partial charge in [-0.1, -0.05) is 0 Å². The fourth-order valence-corrected chi connectivity index (χ4v) is 5.78. The maximum Gasteiger partial charge on any atom is 0.323 e. The first-order valence-electron chi connectivity index (χ1n) is 14.0. The standard InChI is InChI=1S/C32H40N4O4/c1-9-39-27(37)31(7)23-15-11-19(33-23)29(3,4)21-13-17-25(35-21)32(8,28(38)40-10-2)26-18-14-22(36-26)30(5,6)20-12-16-24(31)34-20/h11-18,33-36H,9-10H2,1-8H3. The number of esters is 2. The third-order valence-electron chi connectivity index (χ3n) is 8.96. The van der Waals surface area contributed by atoms with Gasteiger partial charge in [0.2, 0.25) is 0 Å². The molecule has 0 aromatic carbocycles. The lowest BCUT2D eigenvalue weighted by Gasteiger charge is -2.29. The zero-order valence-corrected chi connectivity index (χ0v) is 24.7. The Hall–Kier alpha value is -3.94. The van der Waals surface area contributed by atoms with Gasteiger partial charge in [0.25, 0.3) is 0 Å². The average Bonchev–Trinajstić information content (AvgIpc) is 3.73. The Bertz CT molecular complexity index is 1360. The smallest absolute Gasteiger partial charge is 0.323 e. The predicted octanol–water partition coefficient (Wildman–Crippen LogP) is 5.70. The monoisotopic (exact) mass is 544 g/mol. The molecule has 8 bridgehead atoms. The maximum absolute atomic E-state index is 13.6. The Labute approximate surface area is 235 Å². The highest BCUT2D eigenvalue weighted by atomic mass is 16.5. The number of nitrogens with one attached hydrogen (secondary N) is 4. The van der Waals surface area contributed by atoms with Crippen LogP contribution in [0.3, 0.4) is 0 Å². The number of ether oxygens (including phenoxy) is 2. The average molecular weight is 545 g/mol. The molecular formula is C32H40N4O4. The summed E-state index contributed by atoms with van der Waals surface area (Å²) < 4.78 is 11.2. The largest absolute Gasteiger partial charge is 0.465 e. The van der Waals surface area contributed by atoms with Gasteiger partial charge in [0.1, 0.15) is 10.8 Å². The van der Waals surface area contributed by atoms with Crippen molar-refractivity contribution in [2.75, 3.05) is 13.2 Å². The first-order chi connectivity index (χ1) is 18.8. The fourth-order valence-electron chi connectivity index (χ4n) is 5.78. The summed E-state index contributed by atoms with van der Waals surface area (Å²) in [4.78, 5) is 41.4. The van der Waals surface area contributed by atoms with E-state index >= 15 is 0 Å². The second-order valence-corrected chi connectivity index (χ2v) is 12.1. The van der Waals surface area contributed by atoms with Crippen LogP contribution in [-0.4, -0.2) is 45.1 Å². The van der Waals surface area contributed by atoms with Crippen LogP contribution >= 0.6 is 0 Å². The van der Waals surface area contributed by atoms with Gasteiger partial charge in [0.05, 0.1) is 13.2 Å². The Morgan fingerprint density at radius 2 is 0.725 bits per heavy atom. The molecule has 1 aliphatic rings. The SMILES string of the molecule is CCOC(=O)C1(C)c2ccc([nH]2)C(C)(C)c2ccc([nH]2)C(C)(C(=O)OCC)c2ccc([nH]2)C(C)(C)c2ccc1[nH]2. The van der Waals surface area contributed by atoms with E-state index < -0.39 is 21.7 Å². The molecule has 4 N–H and O–H groups in total. The Balaban J connectivity index is 1.79. The lowest BCUT2D eigenvalue weighted by Crippen LogP contribution is -2.37. The molecule has 5 heterocycles. The summed E-state index contributed by atoms with van der Waals surface area (Å²) in [5.41, 5.74) is 3.46. The molecule has 40 heavy (non-hydrogen) atoms. The second-order valence-electron chi connectivity index (χ2n) is 12.1. The number of rotatable bonds is 4. The Kier molecular flexibility index (Phi) is 6.44. The van der Waals surface area contributed by atoms with Gasteiger partial charge < -0.3 is 29.4 Å². The van der Waals surface area contributed by atoms with Gasteiger partial charge >= 0.3 is 11.9 Å². The molecular weight excluding hydrogens is 504 g/mol.